The molecule has 0 radical (unpaired) electrons. The molecule has 0 fully saturated rings. The van der Waals surface area contributed by atoms with Gasteiger partial charge in [0.1, 0.15) is 12.6 Å². The number of anilines is 1. The van der Waals surface area contributed by atoms with Crippen LogP contribution in [0.4, 0.5) is 5.69 Å². The molecule has 0 spiro atoms. The highest BCUT2D eigenvalue weighted by Crippen LogP contribution is 2.31. The van der Waals surface area contributed by atoms with Crippen LogP contribution in [0.1, 0.15) is 25.3 Å². The number of hydrogen-bond acceptors (Lipinski definition) is 6. The lowest BCUT2D eigenvalue weighted by Gasteiger charge is -2.24. The fourth-order valence-corrected chi connectivity index (χ4v) is 5.89. The molecule has 4 rings (SSSR count). The Labute approximate surface area is 224 Å². The average molecular weight is 557 g/mol. The molecular weight excluding hydrogens is 535 g/mol. The monoisotopic (exact) mass is 556 g/mol. The molecule has 0 atom stereocenters. The summed E-state index contributed by atoms with van der Waals surface area (Å²) in [6.45, 7) is 1.61. The van der Waals surface area contributed by atoms with Crippen molar-refractivity contribution in [3.63, 3.8) is 0 Å². The van der Waals surface area contributed by atoms with Crippen molar-refractivity contribution in [2.24, 2.45) is 0 Å². The summed E-state index contributed by atoms with van der Waals surface area (Å²) in [5.74, 6) is -0.236. The standard InChI is InChI=1S/C26H22Cl2N4O4S/c1-2-3-11-36-25(33)17-32(37(34,35)23-14-20(27)13-21(28)15-23)22-6-7-24-18(12-22)8-10-31(24)26-19(16-29)5-4-9-30-26/h4-10,12-15H,2-3,11,17H2,1H3. The van der Waals surface area contributed by atoms with Crippen LogP contribution in [-0.2, 0) is 19.6 Å². The number of sulfonamides is 1. The molecule has 0 aliphatic carbocycles. The normalized spacial score (nSPS) is 11.3. The highest BCUT2D eigenvalue weighted by atomic mass is 35.5. The predicted octanol–water partition coefficient (Wildman–Crippen LogP) is 5.74. The van der Waals surface area contributed by atoms with Crippen molar-refractivity contribution in [2.75, 3.05) is 17.5 Å². The van der Waals surface area contributed by atoms with Crippen molar-refractivity contribution in [2.45, 2.75) is 24.7 Å². The summed E-state index contributed by atoms with van der Waals surface area (Å²) in [6.07, 6.45) is 4.82. The number of aromatic nitrogens is 2. The smallest absolute Gasteiger partial charge is 0.326 e. The molecule has 0 aliphatic rings. The van der Waals surface area contributed by atoms with Gasteiger partial charge in [-0.05, 0) is 61.0 Å². The summed E-state index contributed by atoms with van der Waals surface area (Å²) in [5.41, 5.74) is 1.34. The summed E-state index contributed by atoms with van der Waals surface area (Å²) < 4.78 is 35.4. The van der Waals surface area contributed by atoms with Crippen molar-refractivity contribution in [1.82, 2.24) is 9.55 Å². The highest BCUT2D eigenvalue weighted by Gasteiger charge is 2.29. The molecule has 0 amide bonds. The van der Waals surface area contributed by atoms with E-state index in [4.69, 9.17) is 27.9 Å². The first-order valence-corrected chi connectivity index (χ1v) is 13.5. The van der Waals surface area contributed by atoms with E-state index in [0.717, 1.165) is 10.7 Å². The van der Waals surface area contributed by atoms with Gasteiger partial charge in [0.2, 0.25) is 0 Å². The van der Waals surface area contributed by atoms with Gasteiger partial charge in [-0.15, -0.1) is 0 Å². The lowest BCUT2D eigenvalue weighted by Crippen LogP contribution is -2.36. The van der Waals surface area contributed by atoms with Crippen molar-refractivity contribution < 1.29 is 17.9 Å². The van der Waals surface area contributed by atoms with Crippen LogP contribution in [-0.4, -0.2) is 37.1 Å². The number of unbranched alkanes of at least 4 members (excludes halogenated alkanes) is 1. The van der Waals surface area contributed by atoms with Crippen LogP contribution in [0.15, 0.2) is 71.9 Å². The van der Waals surface area contributed by atoms with Gasteiger partial charge in [-0.3, -0.25) is 9.10 Å². The fourth-order valence-electron chi connectivity index (χ4n) is 3.76. The maximum absolute atomic E-state index is 13.7. The number of nitrogens with zero attached hydrogens (tertiary/aromatic N) is 4. The molecule has 0 N–H and O–H groups in total. The van der Waals surface area contributed by atoms with Crippen LogP contribution in [0.3, 0.4) is 0 Å². The second-order valence-electron chi connectivity index (χ2n) is 8.11. The van der Waals surface area contributed by atoms with Crippen molar-refractivity contribution in [1.29, 1.82) is 5.26 Å². The number of rotatable bonds is 9. The lowest BCUT2D eigenvalue weighted by atomic mass is 10.2. The number of hydrogen-bond donors (Lipinski definition) is 0. The third-order valence-electron chi connectivity index (χ3n) is 5.55. The summed E-state index contributed by atoms with van der Waals surface area (Å²) in [6, 6.07) is 16.1. The van der Waals surface area contributed by atoms with E-state index in [-0.39, 0.29) is 27.2 Å². The Balaban J connectivity index is 1.79. The maximum atomic E-state index is 13.7. The summed E-state index contributed by atoms with van der Waals surface area (Å²) in [7, 11) is -4.25. The number of carbonyl (C=O) groups is 1. The first kappa shape index (κ1) is 26.5. The van der Waals surface area contributed by atoms with Crippen LogP contribution in [0, 0.1) is 11.3 Å². The van der Waals surface area contributed by atoms with E-state index in [2.05, 4.69) is 11.1 Å². The zero-order chi connectivity index (χ0) is 26.6. The van der Waals surface area contributed by atoms with E-state index in [9.17, 15) is 18.5 Å². The molecule has 0 bridgehead atoms. The van der Waals surface area contributed by atoms with Gasteiger partial charge in [0.25, 0.3) is 10.0 Å². The highest BCUT2D eigenvalue weighted by molar-refractivity contribution is 7.92. The Bertz CT molecular complexity index is 1590. The Morgan fingerprint density at radius 3 is 2.59 bits per heavy atom. The summed E-state index contributed by atoms with van der Waals surface area (Å²) in [5, 5.41) is 10.4. The van der Waals surface area contributed by atoms with Crippen LogP contribution in [0.5, 0.6) is 0 Å². The molecule has 2 heterocycles. The molecule has 0 saturated carbocycles. The second-order valence-corrected chi connectivity index (χ2v) is 10.8. The van der Waals surface area contributed by atoms with E-state index >= 15 is 0 Å². The molecule has 0 saturated heterocycles. The number of esters is 1. The SMILES string of the molecule is CCCCOC(=O)CN(c1ccc2c(ccn2-c2ncccc2C#N)c1)S(=O)(=O)c1cc(Cl)cc(Cl)c1. The minimum Gasteiger partial charge on any atom is -0.464 e. The number of benzene rings is 2. The van der Waals surface area contributed by atoms with Crippen molar-refractivity contribution >= 4 is 55.8 Å². The zero-order valence-electron chi connectivity index (χ0n) is 19.8. The number of ether oxygens (including phenoxy) is 1. The van der Waals surface area contributed by atoms with E-state index < -0.39 is 22.5 Å². The Morgan fingerprint density at radius 2 is 1.89 bits per heavy atom. The number of pyridine rings is 1. The Hall–Kier alpha value is -3.58. The van der Waals surface area contributed by atoms with Gasteiger partial charge in [-0.2, -0.15) is 5.26 Å². The first-order chi connectivity index (χ1) is 17.7. The molecule has 8 nitrogen and oxygen atoms in total. The average Bonchev–Trinajstić information content (AvgIpc) is 3.30. The van der Waals surface area contributed by atoms with E-state index in [1.807, 2.05) is 6.92 Å². The summed E-state index contributed by atoms with van der Waals surface area (Å²) in [4.78, 5) is 16.8. The third kappa shape index (κ3) is 5.72. The quantitative estimate of drug-likeness (QED) is 0.192. The molecule has 2 aromatic carbocycles. The molecule has 11 heteroatoms. The molecular formula is C26H22Cl2N4O4S. The van der Waals surface area contributed by atoms with Gasteiger partial charge in [-0.1, -0.05) is 36.5 Å². The first-order valence-electron chi connectivity index (χ1n) is 11.4. The van der Waals surface area contributed by atoms with Crippen LogP contribution in [0.25, 0.3) is 16.7 Å². The van der Waals surface area contributed by atoms with Gasteiger partial charge in [0.15, 0.2) is 5.82 Å². The Kier molecular flexibility index (Phi) is 8.03. The summed E-state index contributed by atoms with van der Waals surface area (Å²) >= 11 is 12.1. The van der Waals surface area contributed by atoms with Gasteiger partial charge in [-0.25, -0.2) is 13.4 Å². The van der Waals surface area contributed by atoms with Crippen molar-refractivity contribution in [3.8, 4) is 11.9 Å². The number of carbonyl (C=O) groups excluding carboxylic acids is 1. The van der Waals surface area contributed by atoms with E-state index in [1.54, 1.807) is 53.4 Å². The molecule has 2 aromatic heterocycles. The fraction of sp³-hybridized carbons (Fsp3) is 0.192. The van der Waals surface area contributed by atoms with Crippen LogP contribution in [0.2, 0.25) is 10.0 Å². The van der Waals surface area contributed by atoms with Gasteiger partial charge >= 0.3 is 5.97 Å². The maximum Gasteiger partial charge on any atom is 0.326 e. The number of fused-ring (bicyclic) bond motifs is 1. The van der Waals surface area contributed by atoms with Crippen LogP contribution >= 0.6 is 23.2 Å². The molecule has 0 aliphatic heterocycles. The van der Waals surface area contributed by atoms with E-state index in [0.29, 0.717) is 28.7 Å². The molecule has 190 valence electrons. The number of nitriles is 1. The lowest BCUT2D eigenvalue weighted by molar-refractivity contribution is -0.141. The predicted molar refractivity (Wildman–Crippen MR) is 143 cm³/mol. The second kappa shape index (κ2) is 11.2. The van der Waals surface area contributed by atoms with Crippen molar-refractivity contribution in [3.05, 3.63) is 82.6 Å². The topological polar surface area (TPSA) is 105 Å². The molecule has 37 heavy (non-hydrogen) atoms. The Morgan fingerprint density at radius 1 is 1.14 bits per heavy atom. The number of halogens is 2. The van der Waals surface area contributed by atoms with Crippen LogP contribution < -0.4 is 4.31 Å². The zero-order valence-corrected chi connectivity index (χ0v) is 22.1. The third-order valence-corrected chi connectivity index (χ3v) is 7.74. The molecule has 4 aromatic rings. The largest absolute Gasteiger partial charge is 0.464 e. The minimum absolute atomic E-state index is 0.146. The van der Waals surface area contributed by atoms with Gasteiger partial charge in [0.05, 0.1) is 28.3 Å². The van der Waals surface area contributed by atoms with Gasteiger partial charge < -0.3 is 9.30 Å². The van der Waals surface area contributed by atoms with E-state index in [1.165, 1.54) is 18.2 Å². The minimum atomic E-state index is -4.25. The molecule has 0 unspecified atom stereocenters. The van der Waals surface area contributed by atoms with Gasteiger partial charge in [0, 0.05) is 27.8 Å².